The Labute approximate surface area is 186 Å². The number of methoxy groups -OCH3 is 1. The van der Waals surface area contributed by atoms with Gasteiger partial charge in [-0.1, -0.05) is 60.7 Å². The molecule has 0 radical (unpaired) electrons. The van der Waals surface area contributed by atoms with Crippen molar-refractivity contribution >= 4 is 17.7 Å². The number of benzene rings is 2. The normalized spacial score (nSPS) is 15.6. The van der Waals surface area contributed by atoms with Crippen LogP contribution in [0.1, 0.15) is 12.0 Å². The van der Waals surface area contributed by atoms with E-state index in [2.05, 4.69) is 11.4 Å². The van der Waals surface area contributed by atoms with Crippen LogP contribution in [-0.4, -0.2) is 43.5 Å². The molecule has 0 saturated carbocycles. The molecule has 32 heavy (non-hydrogen) atoms. The van der Waals surface area contributed by atoms with Crippen LogP contribution in [0.4, 0.5) is 5.88 Å². The van der Waals surface area contributed by atoms with E-state index in [0.29, 0.717) is 31.0 Å². The van der Waals surface area contributed by atoms with Crippen LogP contribution in [0, 0.1) is 17.2 Å². The number of likely N-dealkylation sites (tertiary alicyclic amines) is 1. The van der Waals surface area contributed by atoms with Crippen molar-refractivity contribution in [2.75, 3.05) is 32.1 Å². The highest BCUT2D eigenvalue weighted by Crippen LogP contribution is 2.41. The van der Waals surface area contributed by atoms with Crippen molar-refractivity contribution in [2.24, 2.45) is 5.92 Å². The van der Waals surface area contributed by atoms with E-state index >= 15 is 0 Å². The monoisotopic (exact) mass is 429 g/mol. The van der Waals surface area contributed by atoms with Gasteiger partial charge >= 0.3 is 0 Å². The zero-order valence-electron chi connectivity index (χ0n) is 17.7. The maximum Gasteiger partial charge on any atom is 0.232 e. The number of nitrogens with zero attached hydrogens (tertiary/aromatic N) is 2. The molecular formula is C25H23N3O4. The minimum Gasteiger partial charge on any atom is -0.438 e. The van der Waals surface area contributed by atoms with Crippen LogP contribution in [0.3, 0.4) is 0 Å². The molecule has 1 aliphatic heterocycles. The summed E-state index contributed by atoms with van der Waals surface area (Å²) in [4.78, 5) is 26.8. The molecule has 0 aliphatic carbocycles. The minimum absolute atomic E-state index is 0.0860. The van der Waals surface area contributed by atoms with Gasteiger partial charge < -0.3 is 14.1 Å². The van der Waals surface area contributed by atoms with Gasteiger partial charge in [-0.05, 0) is 5.56 Å². The SMILES string of the molecule is COCCN1CC(C(=O)Nc2oc(-c3ccccc3)c(-c3ccccc3)c2C#N)CC1=O. The zero-order chi connectivity index (χ0) is 22.5. The Kier molecular flexibility index (Phi) is 6.34. The third-order valence-corrected chi connectivity index (χ3v) is 5.51. The van der Waals surface area contributed by atoms with Crippen LogP contribution in [0.2, 0.25) is 0 Å². The number of hydrogen-bond donors (Lipinski definition) is 1. The van der Waals surface area contributed by atoms with E-state index in [1.165, 1.54) is 0 Å². The summed E-state index contributed by atoms with van der Waals surface area (Å²) in [6.45, 7) is 1.17. The third-order valence-electron chi connectivity index (χ3n) is 5.51. The maximum atomic E-state index is 13.0. The van der Waals surface area contributed by atoms with Gasteiger partial charge in [0, 0.05) is 37.7 Å². The number of hydrogen-bond acceptors (Lipinski definition) is 5. The largest absolute Gasteiger partial charge is 0.438 e. The second-order valence-corrected chi connectivity index (χ2v) is 7.58. The fourth-order valence-corrected chi connectivity index (χ4v) is 3.88. The predicted molar refractivity (Wildman–Crippen MR) is 119 cm³/mol. The Bertz CT molecular complexity index is 1150. The summed E-state index contributed by atoms with van der Waals surface area (Å²) in [7, 11) is 1.57. The van der Waals surface area contributed by atoms with Crippen molar-refractivity contribution < 1.29 is 18.7 Å². The Morgan fingerprint density at radius 2 is 1.81 bits per heavy atom. The van der Waals surface area contributed by atoms with E-state index in [0.717, 1.165) is 11.1 Å². The quantitative estimate of drug-likeness (QED) is 0.614. The van der Waals surface area contributed by atoms with E-state index in [1.54, 1.807) is 12.0 Å². The molecule has 1 N–H and O–H groups in total. The van der Waals surface area contributed by atoms with Crippen LogP contribution in [0.5, 0.6) is 0 Å². The first kappa shape index (κ1) is 21.3. The predicted octanol–water partition coefficient (Wildman–Crippen LogP) is 3.92. The molecule has 1 aromatic heterocycles. The standard InChI is InChI=1S/C25H23N3O4/c1-31-13-12-28-16-19(14-21(28)29)24(30)27-25-20(15-26)22(17-8-4-2-5-9-17)23(32-25)18-10-6-3-7-11-18/h2-11,19H,12-14,16H2,1H3,(H,27,30). The highest BCUT2D eigenvalue weighted by atomic mass is 16.5. The summed E-state index contributed by atoms with van der Waals surface area (Å²) >= 11 is 0. The van der Waals surface area contributed by atoms with Gasteiger partial charge in [-0.25, -0.2) is 0 Å². The summed E-state index contributed by atoms with van der Waals surface area (Å²) < 4.78 is 11.1. The van der Waals surface area contributed by atoms with Crippen LogP contribution in [0.15, 0.2) is 65.1 Å². The Morgan fingerprint density at radius 1 is 1.16 bits per heavy atom. The number of nitriles is 1. The minimum atomic E-state index is -0.517. The molecular weight excluding hydrogens is 406 g/mol. The number of amides is 2. The second-order valence-electron chi connectivity index (χ2n) is 7.58. The number of carbonyl (C=O) groups excluding carboxylic acids is 2. The lowest BCUT2D eigenvalue weighted by Crippen LogP contribution is -2.30. The van der Waals surface area contributed by atoms with Gasteiger partial charge in [0.25, 0.3) is 0 Å². The molecule has 2 amide bonds. The highest BCUT2D eigenvalue weighted by molar-refractivity contribution is 5.99. The van der Waals surface area contributed by atoms with Crippen molar-refractivity contribution in [1.82, 2.24) is 4.90 Å². The molecule has 2 heterocycles. The fraction of sp³-hybridized carbons (Fsp3) is 0.240. The van der Waals surface area contributed by atoms with E-state index in [-0.39, 0.29) is 29.7 Å². The molecule has 7 heteroatoms. The van der Waals surface area contributed by atoms with Crippen molar-refractivity contribution in [1.29, 1.82) is 5.26 Å². The van der Waals surface area contributed by atoms with Gasteiger partial charge in [0.2, 0.25) is 17.7 Å². The smallest absolute Gasteiger partial charge is 0.232 e. The number of carbonyl (C=O) groups is 2. The van der Waals surface area contributed by atoms with Gasteiger partial charge in [0.1, 0.15) is 17.4 Å². The van der Waals surface area contributed by atoms with Crippen molar-refractivity contribution in [3.63, 3.8) is 0 Å². The van der Waals surface area contributed by atoms with E-state index in [4.69, 9.17) is 9.15 Å². The topological polar surface area (TPSA) is 95.6 Å². The third kappa shape index (κ3) is 4.27. The number of rotatable bonds is 7. The fourth-order valence-electron chi connectivity index (χ4n) is 3.88. The summed E-state index contributed by atoms with van der Waals surface area (Å²) in [5.41, 5.74) is 2.49. The molecule has 1 fully saturated rings. The van der Waals surface area contributed by atoms with Crippen molar-refractivity contribution in [2.45, 2.75) is 6.42 Å². The summed E-state index contributed by atoms with van der Waals surface area (Å²) in [6.07, 6.45) is 0.120. The zero-order valence-corrected chi connectivity index (χ0v) is 17.7. The van der Waals surface area contributed by atoms with E-state index in [1.807, 2.05) is 60.7 Å². The number of furan rings is 1. The molecule has 2 aromatic carbocycles. The Hall–Kier alpha value is -3.89. The molecule has 3 aromatic rings. The average Bonchev–Trinajstić information content (AvgIpc) is 3.38. The summed E-state index contributed by atoms with van der Waals surface area (Å²) in [5, 5.41) is 12.7. The van der Waals surface area contributed by atoms with Gasteiger partial charge in [-0.3, -0.25) is 14.9 Å². The summed E-state index contributed by atoms with van der Waals surface area (Å²) in [5.74, 6) is -0.345. The average molecular weight is 429 g/mol. The molecule has 1 aliphatic rings. The molecule has 0 bridgehead atoms. The first-order valence-corrected chi connectivity index (χ1v) is 10.4. The lowest BCUT2D eigenvalue weighted by molar-refractivity contribution is -0.128. The van der Waals surface area contributed by atoms with Crippen LogP contribution in [0.25, 0.3) is 22.5 Å². The van der Waals surface area contributed by atoms with Gasteiger partial charge in [0.05, 0.1) is 12.5 Å². The lowest BCUT2D eigenvalue weighted by atomic mass is 9.98. The first-order valence-electron chi connectivity index (χ1n) is 10.4. The number of nitrogens with one attached hydrogen (secondary N) is 1. The van der Waals surface area contributed by atoms with Crippen LogP contribution in [-0.2, 0) is 14.3 Å². The highest BCUT2D eigenvalue weighted by Gasteiger charge is 2.35. The molecule has 1 atom stereocenters. The van der Waals surface area contributed by atoms with Crippen LogP contribution < -0.4 is 5.32 Å². The van der Waals surface area contributed by atoms with Gasteiger partial charge in [0.15, 0.2) is 0 Å². The van der Waals surface area contributed by atoms with Gasteiger partial charge in [-0.15, -0.1) is 0 Å². The van der Waals surface area contributed by atoms with E-state index in [9.17, 15) is 14.9 Å². The Morgan fingerprint density at radius 3 is 2.44 bits per heavy atom. The Balaban J connectivity index is 1.67. The van der Waals surface area contributed by atoms with E-state index < -0.39 is 5.92 Å². The number of ether oxygens (including phenoxy) is 1. The maximum absolute atomic E-state index is 13.0. The first-order chi connectivity index (χ1) is 15.6. The summed E-state index contributed by atoms with van der Waals surface area (Å²) in [6, 6.07) is 21.1. The second kappa shape index (κ2) is 9.50. The molecule has 1 saturated heterocycles. The van der Waals surface area contributed by atoms with Crippen molar-refractivity contribution in [3.8, 4) is 28.5 Å². The van der Waals surface area contributed by atoms with Crippen molar-refractivity contribution in [3.05, 3.63) is 66.2 Å². The molecule has 7 nitrogen and oxygen atoms in total. The van der Waals surface area contributed by atoms with Gasteiger partial charge in [-0.2, -0.15) is 5.26 Å². The van der Waals surface area contributed by atoms with Crippen LogP contribution >= 0.6 is 0 Å². The molecule has 0 spiro atoms. The molecule has 1 unspecified atom stereocenters. The number of anilines is 1. The lowest BCUT2D eigenvalue weighted by Gasteiger charge is -2.15. The molecule has 162 valence electrons. The molecule has 4 rings (SSSR count).